The van der Waals surface area contributed by atoms with Crippen LogP contribution in [0.2, 0.25) is 0 Å². The molecule has 0 amide bonds. The predicted octanol–water partition coefficient (Wildman–Crippen LogP) is 4.24. The number of nitrogens with zero attached hydrogens (tertiary/aromatic N) is 1. The van der Waals surface area contributed by atoms with Gasteiger partial charge >= 0.3 is 0 Å². The summed E-state index contributed by atoms with van der Waals surface area (Å²) in [4.78, 5) is 2.56. The van der Waals surface area contributed by atoms with Gasteiger partial charge in [0.05, 0.1) is 19.8 Å². The minimum atomic E-state index is 0.178. The summed E-state index contributed by atoms with van der Waals surface area (Å²) in [5, 5.41) is 6.05. The molecule has 0 radical (unpaired) electrons. The van der Waals surface area contributed by atoms with Gasteiger partial charge in [-0.2, -0.15) is 0 Å². The highest BCUT2D eigenvalue weighted by atomic mass is 16.5. The van der Waals surface area contributed by atoms with Crippen molar-refractivity contribution >= 4 is 10.8 Å². The van der Waals surface area contributed by atoms with Crippen LogP contribution in [-0.4, -0.2) is 44.8 Å². The van der Waals surface area contributed by atoms with Gasteiger partial charge in [0, 0.05) is 26.2 Å². The smallest absolute Gasteiger partial charge is 0.161 e. The van der Waals surface area contributed by atoms with Crippen LogP contribution in [0.1, 0.15) is 24.1 Å². The van der Waals surface area contributed by atoms with Crippen molar-refractivity contribution in [3.05, 3.63) is 71.8 Å². The molecular weight excluding hydrogens is 348 g/mol. The van der Waals surface area contributed by atoms with Crippen molar-refractivity contribution in [3.63, 3.8) is 0 Å². The molecular formula is C24H28N2O2. The summed E-state index contributed by atoms with van der Waals surface area (Å²) in [5.41, 5.74) is 2.57. The second-order valence-electron chi connectivity index (χ2n) is 7.10. The minimum absolute atomic E-state index is 0.178. The zero-order valence-electron chi connectivity index (χ0n) is 16.7. The van der Waals surface area contributed by atoms with Crippen LogP contribution < -0.4 is 14.8 Å². The molecule has 4 heteroatoms. The number of hydrogen-bond acceptors (Lipinski definition) is 4. The first-order valence-electron chi connectivity index (χ1n) is 10.0. The van der Waals surface area contributed by atoms with E-state index in [1.807, 2.05) is 13.0 Å². The molecule has 4 rings (SSSR count). The normalized spacial score (nSPS) is 16.1. The zero-order valence-corrected chi connectivity index (χ0v) is 16.7. The summed E-state index contributed by atoms with van der Waals surface area (Å²) in [7, 11) is 1.71. The lowest BCUT2D eigenvalue weighted by atomic mass is 9.92. The standard InChI is InChI=1S/C24H28N2O2/c1-3-28-22-12-11-19(17-23(22)27-2)24(26-15-13-25-14-16-26)21-10-6-8-18-7-4-5-9-20(18)21/h4-12,17,24-25H,3,13-16H2,1-2H3. The van der Waals surface area contributed by atoms with E-state index in [0.29, 0.717) is 6.61 Å². The molecule has 1 fully saturated rings. The molecule has 1 N–H and O–H groups in total. The van der Waals surface area contributed by atoms with Crippen LogP contribution in [-0.2, 0) is 0 Å². The van der Waals surface area contributed by atoms with Crippen LogP contribution in [0.5, 0.6) is 11.5 Å². The molecule has 4 nitrogen and oxygen atoms in total. The van der Waals surface area contributed by atoms with Crippen LogP contribution in [0.15, 0.2) is 60.7 Å². The summed E-state index contributed by atoms with van der Waals surface area (Å²) in [6, 6.07) is 21.8. The Morgan fingerprint density at radius 2 is 1.75 bits per heavy atom. The summed E-state index contributed by atoms with van der Waals surface area (Å²) in [6.45, 7) is 6.67. The number of methoxy groups -OCH3 is 1. The number of ether oxygens (including phenoxy) is 2. The fraction of sp³-hybridized carbons (Fsp3) is 0.333. The first kappa shape index (κ1) is 18.8. The Balaban J connectivity index is 1.84. The fourth-order valence-electron chi connectivity index (χ4n) is 4.15. The molecule has 3 aromatic rings. The third kappa shape index (κ3) is 3.71. The average molecular weight is 377 g/mol. The van der Waals surface area contributed by atoms with Crippen molar-refractivity contribution in [2.24, 2.45) is 0 Å². The summed E-state index contributed by atoms with van der Waals surface area (Å²) < 4.78 is 11.4. The fourth-order valence-corrected chi connectivity index (χ4v) is 4.15. The highest BCUT2D eigenvalue weighted by Crippen LogP contribution is 2.38. The Bertz CT molecular complexity index is 930. The summed E-state index contributed by atoms with van der Waals surface area (Å²) in [6.07, 6.45) is 0. The quantitative estimate of drug-likeness (QED) is 0.698. The van der Waals surface area contributed by atoms with Crippen molar-refractivity contribution in [1.82, 2.24) is 10.2 Å². The van der Waals surface area contributed by atoms with E-state index in [9.17, 15) is 0 Å². The first-order valence-corrected chi connectivity index (χ1v) is 10.0. The highest BCUT2D eigenvalue weighted by Gasteiger charge is 2.26. The molecule has 1 aliphatic rings. The van der Waals surface area contributed by atoms with Gasteiger partial charge < -0.3 is 14.8 Å². The first-order chi connectivity index (χ1) is 13.8. The maximum absolute atomic E-state index is 5.74. The maximum atomic E-state index is 5.74. The lowest BCUT2D eigenvalue weighted by Gasteiger charge is -2.36. The van der Waals surface area contributed by atoms with Crippen molar-refractivity contribution in [2.75, 3.05) is 39.9 Å². The molecule has 146 valence electrons. The number of nitrogens with one attached hydrogen (secondary N) is 1. The van der Waals surface area contributed by atoms with Crippen LogP contribution in [0.25, 0.3) is 10.8 Å². The van der Waals surface area contributed by atoms with E-state index < -0.39 is 0 Å². The molecule has 28 heavy (non-hydrogen) atoms. The lowest BCUT2D eigenvalue weighted by Crippen LogP contribution is -2.45. The third-order valence-corrected chi connectivity index (χ3v) is 5.44. The van der Waals surface area contributed by atoms with Gasteiger partial charge in [0.25, 0.3) is 0 Å². The number of benzene rings is 3. The Labute approximate surface area is 167 Å². The van der Waals surface area contributed by atoms with Gasteiger partial charge in [-0.1, -0.05) is 48.5 Å². The van der Waals surface area contributed by atoms with E-state index in [2.05, 4.69) is 64.8 Å². The number of hydrogen-bond donors (Lipinski definition) is 1. The van der Waals surface area contributed by atoms with E-state index in [0.717, 1.165) is 37.7 Å². The van der Waals surface area contributed by atoms with Crippen molar-refractivity contribution in [1.29, 1.82) is 0 Å². The molecule has 1 saturated heterocycles. The van der Waals surface area contributed by atoms with Crippen LogP contribution in [0, 0.1) is 0 Å². The molecule has 0 aliphatic carbocycles. The van der Waals surface area contributed by atoms with Crippen LogP contribution in [0.3, 0.4) is 0 Å². The highest BCUT2D eigenvalue weighted by molar-refractivity contribution is 5.86. The van der Waals surface area contributed by atoms with Crippen molar-refractivity contribution < 1.29 is 9.47 Å². The molecule has 1 aliphatic heterocycles. The molecule has 0 bridgehead atoms. The van der Waals surface area contributed by atoms with E-state index in [1.165, 1.54) is 21.9 Å². The van der Waals surface area contributed by atoms with Gasteiger partial charge in [-0.05, 0) is 41.0 Å². The van der Waals surface area contributed by atoms with E-state index in [-0.39, 0.29) is 6.04 Å². The second kappa shape index (κ2) is 8.63. The Hall–Kier alpha value is -2.56. The van der Waals surface area contributed by atoms with Gasteiger partial charge in [-0.3, -0.25) is 4.90 Å². The van der Waals surface area contributed by atoms with Crippen molar-refractivity contribution in [3.8, 4) is 11.5 Å². The molecule has 1 atom stereocenters. The second-order valence-corrected chi connectivity index (χ2v) is 7.10. The predicted molar refractivity (Wildman–Crippen MR) is 114 cm³/mol. The lowest BCUT2D eigenvalue weighted by molar-refractivity contribution is 0.199. The zero-order chi connectivity index (χ0) is 19.3. The molecule has 0 saturated carbocycles. The van der Waals surface area contributed by atoms with Crippen LogP contribution >= 0.6 is 0 Å². The average Bonchev–Trinajstić information content (AvgIpc) is 2.76. The van der Waals surface area contributed by atoms with E-state index in [4.69, 9.17) is 9.47 Å². The largest absolute Gasteiger partial charge is 0.493 e. The Morgan fingerprint density at radius 1 is 0.964 bits per heavy atom. The maximum Gasteiger partial charge on any atom is 0.161 e. The van der Waals surface area contributed by atoms with E-state index in [1.54, 1.807) is 7.11 Å². The number of piperazine rings is 1. The molecule has 3 aromatic carbocycles. The third-order valence-electron chi connectivity index (χ3n) is 5.44. The minimum Gasteiger partial charge on any atom is -0.493 e. The number of fused-ring (bicyclic) bond motifs is 1. The topological polar surface area (TPSA) is 33.7 Å². The molecule has 1 heterocycles. The van der Waals surface area contributed by atoms with Gasteiger partial charge in [0.2, 0.25) is 0 Å². The van der Waals surface area contributed by atoms with Crippen molar-refractivity contribution in [2.45, 2.75) is 13.0 Å². The van der Waals surface area contributed by atoms with E-state index >= 15 is 0 Å². The molecule has 1 unspecified atom stereocenters. The molecule has 0 spiro atoms. The molecule has 0 aromatic heterocycles. The number of rotatable bonds is 6. The Kier molecular flexibility index (Phi) is 5.79. The van der Waals surface area contributed by atoms with Gasteiger partial charge in [0.15, 0.2) is 11.5 Å². The van der Waals surface area contributed by atoms with Gasteiger partial charge in [-0.15, -0.1) is 0 Å². The van der Waals surface area contributed by atoms with Crippen LogP contribution in [0.4, 0.5) is 0 Å². The Morgan fingerprint density at radius 3 is 2.54 bits per heavy atom. The van der Waals surface area contributed by atoms with Gasteiger partial charge in [-0.25, -0.2) is 0 Å². The van der Waals surface area contributed by atoms with Gasteiger partial charge in [0.1, 0.15) is 0 Å². The summed E-state index contributed by atoms with van der Waals surface area (Å²) >= 11 is 0. The summed E-state index contributed by atoms with van der Waals surface area (Å²) in [5.74, 6) is 1.59. The monoisotopic (exact) mass is 376 g/mol. The SMILES string of the molecule is CCOc1ccc(C(c2cccc3ccccc23)N2CCNCC2)cc1OC.